The van der Waals surface area contributed by atoms with Crippen LogP contribution in [0.1, 0.15) is 24.2 Å². The number of carboxylic acid groups (broad SMARTS) is 1. The second-order valence-corrected chi connectivity index (χ2v) is 6.79. The number of ether oxygens (including phenoxy) is 1. The summed E-state index contributed by atoms with van der Waals surface area (Å²) in [7, 11) is -2.51. The lowest BCUT2D eigenvalue weighted by atomic mass is 10.2. The van der Waals surface area contributed by atoms with Gasteiger partial charge in [-0.3, -0.25) is 0 Å². The van der Waals surface area contributed by atoms with Crippen molar-refractivity contribution in [2.24, 2.45) is 0 Å². The van der Waals surface area contributed by atoms with Crippen molar-refractivity contribution in [2.75, 3.05) is 12.9 Å². The topological polar surface area (TPSA) is 80.7 Å². The molecule has 1 rings (SSSR count). The van der Waals surface area contributed by atoms with E-state index in [0.717, 1.165) is 11.6 Å². The molecule has 1 N–H and O–H groups in total. The molecular formula is C13H15ClO5S. The fraction of sp³-hybridized carbons (Fsp3) is 0.308. The highest BCUT2D eigenvalue weighted by Crippen LogP contribution is 2.32. The molecule has 1 aromatic rings. The van der Waals surface area contributed by atoms with Crippen LogP contribution in [0.4, 0.5) is 0 Å². The molecule has 20 heavy (non-hydrogen) atoms. The third-order valence-corrected chi connectivity index (χ3v) is 4.30. The Morgan fingerprint density at radius 3 is 2.45 bits per heavy atom. The maximum atomic E-state index is 12.3. The van der Waals surface area contributed by atoms with Crippen LogP contribution in [0.25, 0.3) is 0 Å². The Morgan fingerprint density at radius 2 is 2.00 bits per heavy atom. The highest BCUT2D eigenvalue weighted by molar-refractivity contribution is 7.91. The Bertz CT molecular complexity index is 658. The summed E-state index contributed by atoms with van der Waals surface area (Å²) in [4.78, 5) is 10.9. The standard InChI is InChI=1S/C13H15ClO5S/c1-8(2)4-5-20(17,18)11-7-9(14)6-10(13(15)16)12(11)19-3/h4,6-7H,5H2,1-3H3,(H,15,16). The predicted octanol–water partition coefficient (Wildman–Crippen LogP) is 2.79. The second-order valence-electron chi connectivity index (χ2n) is 4.35. The van der Waals surface area contributed by atoms with E-state index in [4.69, 9.17) is 21.4 Å². The van der Waals surface area contributed by atoms with E-state index in [1.807, 2.05) is 0 Å². The lowest BCUT2D eigenvalue weighted by Crippen LogP contribution is -2.10. The third-order valence-electron chi connectivity index (χ3n) is 2.50. The van der Waals surface area contributed by atoms with Gasteiger partial charge < -0.3 is 9.84 Å². The minimum absolute atomic E-state index is 0.0268. The van der Waals surface area contributed by atoms with Gasteiger partial charge in [0.1, 0.15) is 10.5 Å². The van der Waals surface area contributed by atoms with E-state index in [2.05, 4.69) is 0 Å². The smallest absolute Gasteiger partial charge is 0.339 e. The minimum atomic E-state index is -3.73. The molecule has 0 saturated carbocycles. The Labute approximate surface area is 122 Å². The van der Waals surface area contributed by atoms with Gasteiger partial charge in [-0.1, -0.05) is 23.3 Å². The van der Waals surface area contributed by atoms with Gasteiger partial charge in [0, 0.05) is 5.02 Å². The maximum Gasteiger partial charge on any atom is 0.339 e. The first-order valence-corrected chi connectivity index (χ1v) is 7.69. The first-order chi connectivity index (χ1) is 9.19. The molecule has 0 fully saturated rings. The SMILES string of the molecule is COc1c(C(=O)O)cc(Cl)cc1S(=O)(=O)CC=C(C)C. The number of sulfone groups is 1. The summed E-state index contributed by atoms with van der Waals surface area (Å²) in [5, 5.41) is 9.11. The van der Waals surface area contributed by atoms with E-state index in [1.54, 1.807) is 13.8 Å². The molecule has 0 aliphatic heterocycles. The van der Waals surface area contributed by atoms with Crippen molar-refractivity contribution in [1.82, 2.24) is 0 Å². The van der Waals surface area contributed by atoms with Crippen LogP contribution in [0.5, 0.6) is 5.75 Å². The van der Waals surface area contributed by atoms with Crippen LogP contribution in [0.2, 0.25) is 5.02 Å². The molecule has 0 amide bonds. The fourth-order valence-electron chi connectivity index (χ4n) is 1.54. The van der Waals surface area contributed by atoms with Gasteiger partial charge in [0.25, 0.3) is 0 Å². The van der Waals surface area contributed by atoms with Gasteiger partial charge in [0.05, 0.1) is 12.9 Å². The Kier molecular flexibility index (Phi) is 5.19. The van der Waals surface area contributed by atoms with Crippen molar-refractivity contribution >= 4 is 27.4 Å². The number of rotatable bonds is 5. The van der Waals surface area contributed by atoms with Crippen molar-refractivity contribution in [1.29, 1.82) is 0 Å². The normalized spacial score (nSPS) is 11.0. The van der Waals surface area contributed by atoms with E-state index in [1.165, 1.54) is 19.3 Å². The average Bonchev–Trinajstić information content (AvgIpc) is 2.35. The molecule has 0 saturated heterocycles. The molecule has 110 valence electrons. The summed E-state index contributed by atoms with van der Waals surface area (Å²) in [6.45, 7) is 3.54. The van der Waals surface area contributed by atoms with Crippen LogP contribution < -0.4 is 4.74 Å². The molecule has 0 aromatic heterocycles. The maximum absolute atomic E-state index is 12.3. The van der Waals surface area contributed by atoms with Gasteiger partial charge in [0.15, 0.2) is 15.6 Å². The van der Waals surface area contributed by atoms with Gasteiger partial charge in [-0.15, -0.1) is 0 Å². The molecule has 0 bridgehead atoms. The largest absolute Gasteiger partial charge is 0.494 e. The van der Waals surface area contributed by atoms with E-state index in [-0.39, 0.29) is 27.0 Å². The molecule has 5 nitrogen and oxygen atoms in total. The van der Waals surface area contributed by atoms with Crippen molar-refractivity contribution in [3.63, 3.8) is 0 Å². The van der Waals surface area contributed by atoms with Crippen molar-refractivity contribution in [3.8, 4) is 5.75 Å². The molecule has 0 unspecified atom stereocenters. The molecule has 0 atom stereocenters. The van der Waals surface area contributed by atoms with Gasteiger partial charge in [-0.2, -0.15) is 0 Å². The van der Waals surface area contributed by atoms with E-state index in [0.29, 0.717) is 0 Å². The van der Waals surface area contributed by atoms with Gasteiger partial charge in [-0.05, 0) is 26.0 Å². The van der Waals surface area contributed by atoms with E-state index < -0.39 is 15.8 Å². The monoisotopic (exact) mass is 318 g/mol. The van der Waals surface area contributed by atoms with Crippen LogP contribution >= 0.6 is 11.6 Å². The van der Waals surface area contributed by atoms with Crippen LogP contribution in [-0.4, -0.2) is 32.4 Å². The van der Waals surface area contributed by atoms with Crippen molar-refractivity contribution in [3.05, 3.63) is 34.4 Å². The lowest BCUT2D eigenvalue weighted by Gasteiger charge is -2.12. The number of halogens is 1. The number of hydrogen-bond acceptors (Lipinski definition) is 4. The first kappa shape index (κ1) is 16.5. The highest BCUT2D eigenvalue weighted by Gasteiger charge is 2.25. The van der Waals surface area contributed by atoms with Crippen LogP contribution in [0, 0.1) is 0 Å². The summed E-state index contributed by atoms with van der Waals surface area (Å²) in [6.07, 6.45) is 1.54. The zero-order chi connectivity index (χ0) is 15.5. The second kappa shape index (κ2) is 6.28. The van der Waals surface area contributed by atoms with Crippen LogP contribution in [0.3, 0.4) is 0 Å². The number of allylic oxidation sites excluding steroid dienone is 1. The molecule has 0 heterocycles. The molecule has 7 heteroatoms. The molecule has 0 aliphatic rings. The fourth-order valence-corrected chi connectivity index (χ4v) is 3.33. The van der Waals surface area contributed by atoms with Gasteiger partial charge in [-0.25, -0.2) is 13.2 Å². The number of carbonyl (C=O) groups is 1. The summed E-state index contributed by atoms with van der Waals surface area (Å²) in [5.41, 5.74) is 0.559. The quantitative estimate of drug-likeness (QED) is 0.844. The van der Waals surface area contributed by atoms with Crippen molar-refractivity contribution in [2.45, 2.75) is 18.7 Å². The zero-order valence-corrected chi connectivity index (χ0v) is 12.9. The minimum Gasteiger partial charge on any atom is -0.494 e. The molecule has 0 aliphatic carbocycles. The molecule has 0 radical (unpaired) electrons. The summed E-state index contributed by atoms with van der Waals surface area (Å²) in [5.74, 6) is -1.75. The highest BCUT2D eigenvalue weighted by atomic mass is 35.5. The molecular weight excluding hydrogens is 304 g/mol. The average molecular weight is 319 g/mol. The number of benzene rings is 1. The zero-order valence-electron chi connectivity index (χ0n) is 11.3. The number of carboxylic acids is 1. The van der Waals surface area contributed by atoms with E-state index >= 15 is 0 Å². The number of methoxy groups -OCH3 is 1. The summed E-state index contributed by atoms with van der Waals surface area (Å²) >= 11 is 5.79. The third kappa shape index (κ3) is 3.74. The lowest BCUT2D eigenvalue weighted by molar-refractivity contribution is 0.0693. The predicted molar refractivity (Wildman–Crippen MR) is 76.4 cm³/mol. The van der Waals surface area contributed by atoms with Crippen LogP contribution in [0.15, 0.2) is 28.7 Å². The number of hydrogen-bond donors (Lipinski definition) is 1. The number of aromatic carboxylic acids is 1. The Balaban J connectivity index is 3.52. The summed E-state index contributed by atoms with van der Waals surface area (Å²) < 4.78 is 29.5. The first-order valence-electron chi connectivity index (χ1n) is 5.66. The van der Waals surface area contributed by atoms with E-state index in [9.17, 15) is 13.2 Å². The van der Waals surface area contributed by atoms with Crippen molar-refractivity contribution < 1.29 is 23.1 Å². The van der Waals surface area contributed by atoms with Gasteiger partial charge >= 0.3 is 5.97 Å². The van der Waals surface area contributed by atoms with Gasteiger partial charge in [0.2, 0.25) is 0 Å². The summed E-state index contributed by atoms with van der Waals surface area (Å²) in [6, 6.07) is 2.35. The molecule has 1 aromatic carbocycles. The molecule has 0 spiro atoms. The van der Waals surface area contributed by atoms with Crippen LogP contribution in [-0.2, 0) is 9.84 Å². The Hall–Kier alpha value is -1.53. The Morgan fingerprint density at radius 1 is 1.40 bits per heavy atom.